The average molecular weight is 324 g/mol. The first-order valence-corrected chi connectivity index (χ1v) is 8.64. The molecular formula is C18H16N2O2S. The molecule has 0 bridgehead atoms. The number of benzene rings is 2. The standard InChI is InChI=1S/C18H16N2O2S/c1-14-7-10-17(11-8-14)23(21,22)20-16-9-12-18(19-13-16)15-5-3-2-4-6-15/h2-13,20H,1H3. The van der Waals surface area contributed by atoms with Crippen LogP contribution in [0, 0.1) is 6.92 Å². The highest BCUT2D eigenvalue weighted by molar-refractivity contribution is 7.92. The van der Waals surface area contributed by atoms with Gasteiger partial charge in [-0.1, -0.05) is 48.0 Å². The Morgan fingerprint density at radius 2 is 1.57 bits per heavy atom. The van der Waals surface area contributed by atoms with Crippen molar-refractivity contribution in [2.24, 2.45) is 0 Å². The molecule has 23 heavy (non-hydrogen) atoms. The number of aromatic nitrogens is 1. The maximum Gasteiger partial charge on any atom is 0.261 e. The molecule has 1 N–H and O–H groups in total. The Bertz CT molecular complexity index is 888. The molecule has 2 aromatic carbocycles. The maximum absolute atomic E-state index is 12.3. The van der Waals surface area contributed by atoms with E-state index in [0.29, 0.717) is 5.69 Å². The van der Waals surface area contributed by atoms with Crippen molar-refractivity contribution in [1.29, 1.82) is 0 Å². The van der Waals surface area contributed by atoms with E-state index in [0.717, 1.165) is 16.8 Å². The van der Waals surface area contributed by atoms with Crippen molar-refractivity contribution in [2.75, 3.05) is 4.72 Å². The molecule has 0 radical (unpaired) electrons. The molecule has 5 heteroatoms. The molecule has 4 nitrogen and oxygen atoms in total. The number of aryl methyl sites for hydroxylation is 1. The lowest BCUT2D eigenvalue weighted by atomic mass is 10.1. The molecule has 1 aromatic heterocycles. The highest BCUT2D eigenvalue weighted by Crippen LogP contribution is 2.20. The van der Waals surface area contributed by atoms with E-state index in [9.17, 15) is 8.42 Å². The minimum atomic E-state index is -3.60. The van der Waals surface area contributed by atoms with Gasteiger partial charge >= 0.3 is 0 Å². The second kappa shape index (κ2) is 6.22. The molecule has 0 aliphatic carbocycles. The van der Waals surface area contributed by atoms with Gasteiger partial charge in [-0.2, -0.15) is 0 Å². The molecule has 0 atom stereocenters. The second-order valence-corrected chi connectivity index (χ2v) is 6.90. The molecule has 0 unspecified atom stereocenters. The van der Waals surface area contributed by atoms with Crippen LogP contribution in [0.4, 0.5) is 5.69 Å². The molecule has 116 valence electrons. The summed E-state index contributed by atoms with van der Waals surface area (Å²) in [5.74, 6) is 0. The third-order valence-electron chi connectivity index (χ3n) is 3.42. The van der Waals surface area contributed by atoms with Crippen LogP contribution < -0.4 is 4.72 Å². The minimum absolute atomic E-state index is 0.232. The number of sulfonamides is 1. The zero-order chi connectivity index (χ0) is 16.3. The molecule has 0 aliphatic rings. The monoisotopic (exact) mass is 324 g/mol. The highest BCUT2D eigenvalue weighted by Gasteiger charge is 2.14. The Labute approximate surface area is 135 Å². The van der Waals surface area contributed by atoms with Crippen molar-refractivity contribution in [1.82, 2.24) is 4.98 Å². The highest BCUT2D eigenvalue weighted by atomic mass is 32.2. The van der Waals surface area contributed by atoms with E-state index < -0.39 is 10.0 Å². The summed E-state index contributed by atoms with van der Waals surface area (Å²) in [4.78, 5) is 4.55. The molecule has 3 aromatic rings. The predicted octanol–water partition coefficient (Wildman–Crippen LogP) is 3.86. The molecule has 0 amide bonds. The number of nitrogens with one attached hydrogen (secondary N) is 1. The Kier molecular flexibility index (Phi) is 4.12. The van der Waals surface area contributed by atoms with E-state index in [2.05, 4.69) is 9.71 Å². The number of nitrogens with zero attached hydrogens (tertiary/aromatic N) is 1. The van der Waals surface area contributed by atoms with Gasteiger partial charge in [-0.15, -0.1) is 0 Å². The molecule has 0 saturated carbocycles. The summed E-state index contributed by atoms with van der Waals surface area (Å²) in [6, 6.07) is 19.9. The summed E-state index contributed by atoms with van der Waals surface area (Å²) in [6.45, 7) is 1.91. The van der Waals surface area contributed by atoms with E-state index in [1.54, 1.807) is 36.4 Å². The molecule has 0 aliphatic heterocycles. The van der Waals surface area contributed by atoms with Crippen molar-refractivity contribution < 1.29 is 8.42 Å². The maximum atomic E-state index is 12.3. The Morgan fingerprint density at radius 1 is 0.870 bits per heavy atom. The van der Waals surface area contributed by atoms with Gasteiger partial charge in [0.1, 0.15) is 0 Å². The van der Waals surface area contributed by atoms with Gasteiger partial charge in [0, 0.05) is 5.56 Å². The van der Waals surface area contributed by atoms with Gasteiger partial charge in [-0.25, -0.2) is 8.42 Å². The van der Waals surface area contributed by atoms with Gasteiger partial charge in [0.05, 0.1) is 22.5 Å². The molecule has 0 saturated heterocycles. The van der Waals surface area contributed by atoms with Crippen molar-refractivity contribution in [3.8, 4) is 11.3 Å². The first-order chi connectivity index (χ1) is 11.0. The summed E-state index contributed by atoms with van der Waals surface area (Å²) in [7, 11) is -3.60. The summed E-state index contributed by atoms with van der Waals surface area (Å²) in [6.07, 6.45) is 1.52. The fraction of sp³-hybridized carbons (Fsp3) is 0.0556. The van der Waals surface area contributed by atoms with Crippen LogP contribution >= 0.6 is 0 Å². The van der Waals surface area contributed by atoms with Gasteiger partial charge in [0.2, 0.25) is 0 Å². The molecule has 3 rings (SSSR count). The van der Waals surface area contributed by atoms with E-state index in [4.69, 9.17) is 0 Å². The lowest BCUT2D eigenvalue weighted by molar-refractivity contribution is 0.601. The summed E-state index contributed by atoms with van der Waals surface area (Å²) < 4.78 is 27.2. The van der Waals surface area contributed by atoms with Crippen LogP contribution in [0.25, 0.3) is 11.3 Å². The van der Waals surface area contributed by atoms with Gasteiger partial charge in [-0.05, 0) is 31.2 Å². The fourth-order valence-corrected chi connectivity index (χ4v) is 3.21. The van der Waals surface area contributed by atoms with Crippen LogP contribution in [0.2, 0.25) is 0 Å². The van der Waals surface area contributed by atoms with Gasteiger partial charge in [-0.3, -0.25) is 9.71 Å². The third-order valence-corrected chi connectivity index (χ3v) is 4.81. The predicted molar refractivity (Wildman–Crippen MR) is 91.7 cm³/mol. The lowest BCUT2D eigenvalue weighted by Crippen LogP contribution is -2.13. The normalized spacial score (nSPS) is 11.2. The number of rotatable bonds is 4. The topological polar surface area (TPSA) is 59.1 Å². The van der Waals surface area contributed by atoms with Gasteiger partial charge in [0.25, 0.3) is 10.0 Å². The summed E-state index contributed by atoms with van der Waals surface area (Å²) >= 11 is 0. The van der Waals surface area contributed by atoms with Crippen LogP contribution in [0.5, 0.6) is 0 Å². The van der Waals surface area contributed by atoms with E-state index in [1.165, 1.54) is 6.20 Å². The van der Waals surface area contributed by atoms with Gasteiger partial charge < -0.3 is 0 Å². The largest absolute Gasteiger partial charge is 0.278 e. The molecule has 0 fully saturated rings. The summed E-state index contributed by atoms with van der Waals surface area (Å²) in [5.41, 5.74) is 3.23. The quantitative estimate of drug-likeness (QED) is 0.793. The van der Waals surface area contributed by atoms with Crippen LogP contribution in [-0.2, 0) is 10.0 Å². The van der Waals surface area contributed by atoms with Crippen LogP contribution in [0.3, 0.4) is 0 Å². The van der Waals surface area contributed by atoms with Gasteiger partial charge in [0.15, 0.2) is 0 Å². The van der Waals surface area contributed by atoms with Crippen molar-refractivity contribution in [2.45, 2.75) is 11.8 Å². The Balaban J connectivity index is 1.82. The van der Waals surface area contributed by atoms with Crippen LogP contribution in [-0.4, -0.2) is 13.4 Å². The van der Waals surface area contributed by atoms with Crippen LogP contribution in [0.15, 0.2) is 77.8 Å². The number of hydrogen-bond acceptors (Lipinski definition) is 3. The van der Waals surface area contributed by atoms with Crippen molar-refractivity contribution in [3.63, 3.8) is 0 Å². The number of pyridine rings is 1. The lowest BCUT2D eigenvalue weighted by Gasteiger charge is -2.09. The zero-order valence-corrected chi connectivity index (χ0v) is 13.4. The Morgan fingerprint density at radius 3 is 2.17 bits per heavy atom. The molecule has 0 spiro atoms. The number of anilines is 1. The first-order valence-electron chi connectivity index (χ1n) is 7.15. The first kappa shape index (κ1) is 15.2. The Hall–Kier alpha value is -2.66. The zero-order valence-electron chi connectivity index (χ0n) is 12.6. The fourth-order valence-electron chi connectivity index (χ4n) is 2.17. The van der Waals surface area contributed by atoms with Crippen LogP contribution in [0.1, 0.15) is 5.56 Å². The SMILES string of the molecule is Cc1ccc(S(=O)(=O)Nc2ccc(-c3ccccc3)nc2)cc1. The van der Waals surface area contributed by atoms with E-state index in [-0.39, 0.29) is 4.90 Å². The summed E-state index contributed by atoms with van der Waals surface area (Å²) in [5, 5.41) is 0. The van der Waals surface area contributed by atoms with Crippen molar-refractivity contribution >= 4 is 15.7 Å². The molecular weight excluding hydrogens is 308 g/mol. The smallest absolute Gasteiger partial charge is 0.261 e. The average Bonchev–Trinajstić information content (AvgIpc) is 2.56. The van der Waals surface area contributed by atoms with E-state index >= 15 is 0 Å². The van der Waals surface area contributed by atoms with E-state index in [1.807, 2.05) is 37.3 Å². The number of hydrogen-bond donors (Lipinski definition) is 1. The third kappa shape index (κ3) is 3.57. The second-order valence-electron chi connectivity index (χ2n) is 5.22. The van der Waals surface area contributed by atoms with Crippen molar-refractivity contribution in [3.05, 3.63) is 78.5 Å². The molecule has 1 heterocycles. The minimum Gasteiger partial charge on any atom is -0.278 e.